The number of anilines is 1. The maximum Gasteiger partial charge on any atom is 0.407 e. The van der Waals surface area contributed by atoms with Gasteiger partial charge in [0.25, 0.3) is 11.5 Å². The molecule has 1 fully saturated rings. The van der Waals surface area contributed by atoms with Crippen LogP contribution in [0, 0.1) is 11.8 Å². The number of carboxylic acid groups (broad SMARTS) is 1. The summed E-state index contributed by atoms with van der Waals surface area (Å²) in [6.45, 7) is 3.36. The highest BCUT2D eigenvalue weighted by molar-refractivity contribution is 5.91. The number of carbonyl (C=O) groups is 2. The Morgan fingerprint density at radius 1 is 1.22 bits per heavy atom. The maximum absolute atomic E-state index is 12.8. The third-order valence-corrected chi connectivity index (χ3v) is 4.43. The number of amides is 2. The third kappa shape index (κ3) is 3.17. The van der Waals surface area contributed by atoms with Gasteiger partial charge in [0.05, 0.1) is 6.54 Å². The van der Waals surface area contributed by atoms with Gasteiger partial charge in [0.15, 0.2) is 11.2 Å². The second kappa shape index (κ2) is 6.99. The zero-order chi connectivity index (χ0) is 19.7. The smallest absolute Gasteiger partial charge is 0.407 e. The quantitative estimate of drug-likeness (QED) is 0.661. The molecule has 0 unspecified atom stereocenters. The fourth-order valence-corrected chi connectivity index (χ4v) is 3.02. The van der Waals surface area contributed by atoms with E-state index < -0.39 is 17.6 Å². The number of imidazole rings is 1. The number of primary amides is 1. The number of hydrogen-bond acceptors (Lipinski definition) is 6. The van der Waals surface area contributed by atoms with E-state index in [4.69, 9.17) is 10.8 Å². The summed E-state index contributed by atoms with van der Waals surface area (Å²) in [5.74, 6) is 5.15. The van der Waals surface area contributed by atoms with Crippen LogP contribution in [0.2, 0.25) is 0 Å². The van der Waals surface area contributed by atoms with E-state index in [9.17, 15) is 14.4 Å². The van der Waals surface area contributed by atoms with Gasteiger partial charge in [0.1, 0.15) is 0 Å². The van der Waals surface area contributed by atoms with E-state index in [1.54, 1.807) is 11.5 Å². The fraction of sp³-hybridized carbons (Fsp3) is 0.438. The lowest BCUT2D eigenvalue weighted by atomic mass is 10.3. The Kier molecular flexibility index (Phi) is 4.72. The van der Waals surface area contributed by atoms with Crippen molar-refractivity contribution in [2.24, 2.45) is 12.8 Å². The normalized spacial score (nSPS) is 14.1. The monoisotopic (exact) mass is 373 g/mol. The van der Waals surface area contributed by atoms with Gasteiger partial charge in [0, 0.05) is 33.2 Å². The highest BCUT2D eigenvalue weighted by Crippen LogP contribution is 2.21. The lowest BCUT2D eigenvalue weighted by Crippen LogP contribution is -2.49. The van der Waals surface area contributed by atoms with E-state index in [0.717, 1.165) is 4.57 Å². The molecule has 2 amide bonds. The van der Waals surface area contributed by atoms with Crippen molar-refractivity contribution < 1.29 is 14.7 Å². The molecule has 3 heterocycles. The van der Waals surface area contributed by atoms with Crippen molar-refractivity contribution in [3.05, 3.63) is 16.2 Å². The molecule has 0 spiro atoms. The van der Waals surface area contributed by atoms with Gasteiger partial charge in [-0.15, -0.1) is 5.92 Å². The first kappa shape index (κ1) is 18.2. The van der Waals surface area contributed by atoms with E-state index in [-0.39, 0.29) is 23.5 Å². The van der Waals surface area contributed by atoms with Gasteiger partial charge in [-0.05, 0) is 6.92 Å². The van der Waals surface area contributed by atoms with Gasteiger partial charge in [-0.2, -0.15) is 4.98 Å². The molecule has 11 nitrogen and oxygen atoms in total. The SMILES string of the molecule is CC#CCn1c(N2CCN(C(=O)O)CC2)nc2nc(C(N)=O)n(C)c(=O)c21. The summed E-state index contributed by atoms with van der Waals surface area (Å²) >= 11 is 0. The van der Waals surface area contributed by atoms with Gasteiger partial charge in [-0.3, -0.25) is 18.7 Å². The first-order valence-electron chi connectivity index (χ1n) is 8.24. The lowest BCUT2D eigenvalue weighted by molar-refractivity contribution is 0.0986. The number of aromatic nitrogens is 4. The summed E-state index contributed by atoms with van der Waals surface area (Å²) in [7, 11) is 1.42. The fourth-order valence-electron chi connectivity index (χ4n) is 3.02. The molecule has 0 saturated carbocycles. The molecule has 0 bridgehead atoms. The summed E-state index contributed by atoms with van der Waals surface area (Å²) in [4.78, 5) is 47.2. The molecule has 2 aromatic heterocycles. The molecule has 0 radical (unpaired) electrons. The van der Waals surface area contributed by atoms with Crippen LogP contribution in [0.1, 0.15) is 17.5 Å². The molecule has 1 aliphatic heterocycles. The standard InChI is InChI=1S/C16H19N7O4/c1-3-4-5-23-10-12(18-13(11(17)24)20(2)14(10)25)19-15(23)21-6-8-22(9-7-21)16(26)27/h5-9H2,1-2H3,(H2,17,24)(H,26,27). The van der Waals surface area contributed by atoms with Crippen LogP contribution in [0.3, 0.4) is 0 Å². The van der Waals surface area contributed by atoms with E-state index >= 15 is 0 Å². The topological polar surface area (TPSA) is 140 Å². The first-order chi connectivity index (χ1) is 12.8. The van der Waals surface area contributed by atoms with Crippen molar-refractivity contribution in [1.82, 2.24) is 24.0 Å². The van der Waals surface area contributed by atoms with Crippen molar-refractivity contribution in [3.8, 4) is 11.8 Å². The zero-order valence-corrected chi connectivity index (χ0v) is 15.0. The van der Waals surface area contributed by atoms with E-state index in [0.29, 0.717) is 32.1 Å². The van der Waals surface area contributed by atoms with Crippen molar-refractivity contribution in [2.45, 2.75) is 13.5 Å². The summed E-state index contributed by atoms with van der Waals surface area (Å²) < 4.78 is 2.73. The van der Waals surface area contributed by atoms with Crippen LogP contribution in [-0.4, -0.2) is 67.3 Å². The maximum atomic E-state index is 12.8. The Bertz CT molecular complexity index is 1030. The van der Waals surface area contributed by atoms with Gasteiger partial charge in [0.2, 0.25) is 11.8 Å². The number of piperazine rings is 1. The summed E-state index contributed by atoms with van der Waals surface area (Å²) in [5, 5.41) is 9.10. The number of rotatable bonds is 3. The number of nitrogens with zero attached hydrogens (tertiary/aromatic N) is 6. The second-order valence-electron chi connectivity index (χ2n) is 6.02. The Hall–Kier alpha value is -3.55. The van der Waals surface area contributed by atoms with Crippen molar-refractivity contribution >= 4 is 29.1 Å². The molecule has 11 heteroatoms. The van der Waals surface area contributed by atoms with Crippen molar-refractivity contribution in [1.29, 1.82) is 0 Å². The summed E-state index contributed by atoms with van der Waals surface area (Å²) in [6, 6.07) is 0. The molecule has 27 heavy (non-hydrogen) atoms. The average Bonchev–Trinajstić information content (AvgIpc) is 3.01. The molecule has 0 aliphatic carbocycles. The molecule has 0 atom stereocenters. The molecule has 1 saturated heterocycles. The highest BCUT2D eigenvalue weighted by Gasteiger charge is 2.26. The number of carbonyl (C=O) groups excluding carboxylic acids is 1. The zero-order valence-electron chi connectivity index (χ0n) is 15.0. The van der Waals surface area contributed by atoms with Crippen molar-refractivity contribution in [2.75, 3.05) is 31.1 Å². The molecule has 142 valence electrons. The number of hydrogen-bond donors (Lipinski definition) is 2. The molecule has 3 rings (SSSR count). The van der Waals surface area contributed by atoms with E-state index in [1.807, 2.05) is 4.90 Å². The van der Waals surface area contributed by atoms with Crippen LogP contribution in [0.4, 0.5) is 10.7 Å². The van der Waals surface area contributed by atoms with E-state index in [1.165, 1.54) is 11.9 Å². The van der Waals surface area contributed by atoms with Gasteiger partial charge in [-0.1, -0.05) is 5.92 Å². The predicted octanol–water partition coefficient (Wildman–Crippen LogP) is -0.948. The summed E-state index contributed by atoms with van der Waals surface area (Å²) in [6.07, 6.45) is -0.971. The number of nitrogens with two attached hydrogens (primary N) is 1. The Morgan fingerprint density at radius 3 is 2.44 bits per heavy atom. The largest absolute Gasteiger partial charge is 0.465 e. The number of fused-ring (bicyclic) bond motifs is 1. The van der Waals surface area contributed by atoms with Gasteiger partial charge in [-0.25, -0.2) is 9.78 Å². The molecule has 0 aromatic carbocycles. The van der Waals surface area contributed by atoms with Crippen LogP contribution in [0.25, 0.3) is 11.2 Å². The lowest BCUT2D eigenvalue weighted by Gasteiger charge is -2.33. The first-order valence-corrected chi connectivity index (χ1v) is 8.24. The molecule has 3 N–H and O–H groups in total. The van der Waals surface area contributed by atoms with Crippen LogP contribution in [0.15, 0.2) is 4.79 Å². The van der Waals surface area contributed by atoms with Crippen LogP contribution in [0.5, 0.6) is 0 Å². The Morgan fingerprint density at radius 2 is 1.89 bits per heavy atom. The van der Waals surface area contributed by atoms with Crippen LogP contribution < -0.4 is 16.2 Å². The average molecular weight is 373 g/mol. The minimum atomic E-state index is -0.971. The predicted molar refractivity (Wildman–Crippen MR) is 96.5 cm³/mol. The summed E-state index contributed by atoms with van der Waals surface area (Å²) in [5.41, 5.74) is 5.18. The third-order valence-electron chi connectivity index (χ3n) is 4.43. The minimum Gasteiger partial charge on any atom is -0.465 e. The molecule has 2 aromatic rings. The molecular formula is C16H19N7O4. The van der Waals surface area contributed by atoms with Crippen LogP contribution in [-0.2, 0) is 13.6 Å². The van der Waals surface area contributed by atoms with Gasteiger partial charge < -0.3 is 20.6 Å². The highest BCUT2D eigenvalue weighted by atomic mass is 16.4. The second-order valence-corrected chi connectivity index (χ2v) is 6.02. The Balaban J connectivity index is 2.13. The van der Waals surface area contributed by atoms with Crippen molar-refractivity contribution in [3.63, 3.8) is 0 Å². The van der Waals surface area contributed by atoms with Gasteiger partial charge >= 0.3 is 6.09 Å². The molecule has 1 aliphatic rings. The molecular weight excluding hydrogens is 354 g/mol. The minimum absolute atomic E-state index is 0.112. The Labute approximate surface area is 154 Å². The van der Waals surface area contributed by atoms with E-state index in [2.05, 4.69) is 21.8 Å². The van der Waals surface area contributed by atoms with Crippen LogP contribution >= 0.6 is 0 Å².